The molecule has 0 saturated heterocycles. The molecule has 1 N–H and O–H groups in total. The highest BCUT2D eigenvalue weighted by atomic mass is 35.5. The molecule has 24 heavy (non-hydrogen) atoms. The van der Waals surface area contributed by atoms with Crippen LogP contribution in [-0.4, -0.2) is 32.6 Å². The highest BCUT2D eigenvalue weighted by Gasteiger charge is 2.10. The van der Waals surface area contributed by atoms with Crippen LogP contribution in [0, 0.1) is 0 Å². The Kier molecular flexibility index (Phi) is 6.21. The van der Waals surface area contributed by atoms with Gasteiger partial charge >= 0.3 is 5.97 Å². The Morgan fingerprint density at radius 1 is 1.12 bits per heavy atom. The summed E-state index contributed by atoms with van der Waals surface area (Å²) in [5, 5.41) is 3.15. The summed E-state index contributed by atoms with van der Waals surface area (Å²) in [6.07, 6.45) is 0. The molecule has 0 unspecified atom stereocenters. The van der Waals surface area contributed by atoms with E-state index in [1.807, 2.05) is 43.3 Å². The van der Waals surface area contributed by atoms with E-state index in [-0.39, 0.29) is 12.5 Å². The number of hydrogen-bond acceptors (Lipinski definition) is 4. The maximum absolute atomic E-state index is 11.8. The van der Waals surface area contributed by atoms with E-state index in [9.17, 15) is 9.59 Å². The summed E-state index contributed by atoms with van der Waals surface area (Å²) in [7, 11) is 3.93. The van der Waals surface area contributed by atoms with Crippen molar-refractivity contribution in [1.82, 2.24) is 5.32 Å². The van der Waals surface area contributed by atoms with Crippen molar-refractivity contribution in [2.45, 2.75) is 6.54 Å². The Morgan fingerprint density at radius 2 is 1.83 bits per heavy atom. The summed E-state index contributed by atoms with van der Waals surface area (Å²) in [6, 6.07) is 14.2. The lowest BCUT2D eigenvalue weighted by Crippen LogP contribution is -2.28. The number of ether oxygens (including phenoxy) is 1. The standard InChI is InChI=1S/C18H19ClN2O3/c1-21(2)16-8-6-13(7-9-16)11-20-17(22)12-24-18(23)14-4-3-5-15(19)10-14/h3-10H,11-12H2,1-2H3,(H,20,22). The number of nitrogens with one attached hydrogen (secondary N) is 1. The summed E-state index contributed by atoms with van der Waals surface area (Å²) < 4.78 is 4.97. The summed E-state index contributed by atoms with van der Waals surface area (Å²) in [4.78, 5) is 25.6. The van der Waals surface area contributed by atoms with Crippen LogP contribution in [0.5, 0.6) is 0 Å². The van der Waals surface area contributed by atoms with E-state index in [1.54, 1.807) is 18.2 Å². The zero-order valence-corrected chi connectivity index (χ0v) is 14.3. The molecule has 0 aliphatic rings. The van der Waals surface area contributed by atoms with Crippen LogP contribution >= 0.6 is 11.6 Å². The first-order chi connectivity index (χ1) is 11.5. The molecular formula is C18H19ClN2O3. The fraction of sp³-hybridized carbons (Fsp3) is 0.222. The number of hydrogen-bond donors (Lipinski definition) is 1. The Morgan fingerprint density at radius 3 is 2.46 bits per heavy atom. The quantitative estimate of drug-likeness (QED) is 0.817. The second kappa shape index (κ2) is 8.36. The molecule has 0 radical (unpaired) electrons. The molecule has 0 aliphatic carbocycles. The fourth-order valence-electron chi connectivity index (χ4n) is 1.99. The number of carbonyl (C=O) groups excluding carboxylic acids is 2. The van der Waals surface area contributed by atoms with Crippen LogP contribution in [0.2, 0.25) is 5.02 Å². The molecule has 2 aromatic carbocycles. The van der Waals surface area contributed by atoms with Crippen LogP contribution in [0.25, 0.3) is 0 Å². The van der Waals surface area contributed by atoms with Gasteiger partial charge < -0.3 is 15.0 Å². The van der Waals surface area contributed by atoms with Crippen molar-refractivity contribution in [3.05, 3.63) is 64.7 Å². The van der Waals surface area contributed by atoms with Gasteiger partial charge in [0.1, 0.15) is 0 Å². The topological polar surface area (TPSA) is 58.6 Å². The molecule has 2 rings (SSSR count). The summed E-state index contributed by atoms with van der Waals surface area (Å²) in [5.41, 5.74) is 2.37. The molecule has 0 saturated carbocycles. The number of anilines is 1. The highest BCUT2D eigenvalue weighted by Crippen LogP contribution is 2.12. The molecule has 2 aromatic rings. The molecule has 5 nitrogen and oxygen atoms in total. The molecule has 1 amide bonds. The van der Waals surface area contributed by atoms with Gasteiger partial charge in [-0.2, -0.15) is 0 Å². The van der Waals surface area contributed by atoms with Crippen molar-refractivity contribution < 1.29 is 14.3 Å². The van der Waals surface area contributed by atoms with Crippen molar-refractivity contribution in [3.63, 3.8) is 0 Å². The normalized spacial score (nSPS) is 10.1. The second-order valence-corrected chi connectivity index (χ2v) is 5.86. The molecule has 0 aliphatic heterocycles. The third-order valence-electron chi connectivity index (χ3n) is 3.34. The summed E-state index contributed by atoms with van der Waals surface area (Å²) in [5.74, 6) is -0.940. The minimum Gasteiger partial charge on any atom is -0.452 e. The Hall–Kier alpha value is -2.53. The Bertz CT molecular complexity index is 714. The molecule has 126 valence electrons. The first-order valence-corrected chi connectivity index (χ1v) is 7.79. The molecule has 0 aromatic heterocycles. The first kappa shape index (κ1) is 17.8. The number of esters is 1. The lowest BCUT2D eigenvalue weighted by molar-refractivity contribution is -0.124. The van der Waals surface area contributed by atoms with Crippen molar-refractivity contribution in [2.75, 3.05) is 25.6 Å². The van der Waals surface area contributed by atoms with E-state index in [4.69, 9.17) is 16.3 Å². The van der Waals surface area contributed by atoms with Crippen LogP contribution < -0.4 is 10.2 Å². The third-order valence-corrected chi connectivity index (χ3v) is 3.57. The van der Waals surface area contributed by atoms with Crippen molar-refractivity contribution in [2.24, 2.45) is 0 Å². The maximum atomic E-state index is 11.8. The van der Waals surface area contributed by atoms with Crippen LogP contribution in [0.4, 0.5) is 5.69 Å². The lowest BCUT2D eigenvalue weighted by Gasteiger charge is -2.13. The number of rotatable bonds is 6. The fourth-order valence-corrected chi connectivity index (χ4v) is 2.18. The van der Waals surface area contributed by atoms with Crippen LogP contribution in [-0.2, 0) is 16.1 Å². The minimum atomic E-state index is -0.581. The zero-order valence-electron chi connectivity index (χ0n) is 13.6. The van der Waals surface area contributed by atoms with Gasteiger partial charge in [0.2, 0.25) is 0 Å². The van der Waals surface area contributed by atoms with Crippen molar-refractivity contribution in [3.8, 4) is 0 Å². The largest absolute Gasteiger partial charge is 0.452 e. The molecule has 0 bridgehead atoms. The van der Waals surface area contributed by atoms with E-state index in [1.165, 1.54) is 6.07 Å². The van der Waals surface area contributed by atoms with Gasteiger partial charge in [-0.05, 0) is 35.9 Å². The van der Waals surface area contributed by atoms with E-state index >= 15 is 0 Å². The maximum Gasteiger partial charge on any atom is 0.338 e. The summed E-state index contributed by atoms with van der Waals surface area (Å²) in [6.45, 7) is 0.0440. The van der Waals surface area contributed by atoms with Crippen molar-refractivity contribution >= 4 is 29.2 Å². The van der Waals surface area contributed by atoms with Crippen LogP contribution in [0.1, 0.15) is 15.9 Å². The van der Waals surface area contributed by atoms with Crippen LogP contribution in [0.3, 0.4) is 0 Å². The Balaban J connectivity index is 1.78. The van der Waals surface area contributed by atoms with Gasteiger partial charge in [0.25, 0.3) is 5.91 Å². The zero-order chi connectivity index (χ0) is 17.5. The van der Waals surface area contributed by atoms with Crippen LogP contribution in [0.15, 0.2) is 48.5 Å². The molecule has 0 spiro atoms. The predicted molar refractivity (Wildman–Crippen MR) is 94.4 cm³/mol. The monoisotopic (exact) mass is 346 g/mol. The molecule has 0 heterocycles. The van der Waals surface area contributed by atoms with E-state index in [0.717, 1.165) is 11.3 Å². The SMILES string of the molecule is CN(C)c1ccc(CNC(=O)COC(=O)c2cccc(Cl)c2)cc1. The van der Waals surface area contributed by atoms with E-state index in [0.29, 0.717) is 17.1 Å². The Labute approximate surface area is 146 Å². The first-order valence-electron chi connectivity index (χ1n) is 7.41. The van der Waals surface area contributed by atoms with Gasteiger partial charge in [-0.15, -0.1) is 0 Å². The average Bonchev–Trinajstić information content (AvgIpc) is 2.58. The van der Waals surface area contributed by atoms with Gasteiger partial charge in [-0.1, -0.05) is 29.8 Å². The van der Waals surface area contributed by atoms with Gasteiger partial charge in [0, 0.05) is 31.4 Å². The van der Waals surface area contributed by atoms with Crippen molar-refractivity contribution in [1.29, 1.82) is 0 Å². The van der Waals surface area contributed by atoms with Gasteiger partial charge in [-0.25, -0.2) is 4.79 Å². The lowest BCUT2D eigenvalue weighted by atomic mass is 10.2. The highest BCUT2D eigenvalue weighted by molar-refractivity contribution is 6.30. The van der Waals surface area contributed by atoms with E-state index in [2.05, 4.69) is 5.32 Å². The number of carbonyl (C=O) groups is 2. The number of nitrogens with zero attached hydrogens (tertiary/aromatic N) is 1. The molecule has 0 fully saturated rings. The number of halogens is 1. The molecule has 0 atom stereocenters. The van der Waals surface area contributed by atoms with E-state index < -0.39 is 5.97 Å². The molecular weight excluding hydrogens is 328 g/mol. The minimum absolute atomic E-state index is 0.314. The second-order valence-electron chi connectivity index (χ2n) is 5.42. The average molecular weight is 347 g/mol. The summed E-state index contributed by atoms with van der Waals surface area (Å²) >= 11 is 5.81. The molecule has 6 heteroatoms. The predicted octanol–water partition coefficient (Wildman–Crippen LogP) is 2.88. The third kappa shape index (κ3) is 5.28. The van der Waals surface area contributed by atoms with Gasteiger partial charge in [0.15, 0.2) is 6.61 Å². The smallest absolute Gasteiger partial charge is 0.338 e. The number of benzene rings is 2. The number of amides is 1. The van der Waals surface area contributed by atoms with Gasteiger partial charge in [-0.3, -0.25) is 4.79 Å². The van der Waals surface area contributed by atoms with Gasteiger partial charge in [0.05, 0.1) is 5.56 Å².